The van der Waals surface area contributed by atoms with Gasteiger partial charge in [0.05, 0.1) is 28.9 Å². The average Bonchev–Trinajstić information content (AvgIpc) is 2.92. The lowest BCUT2D eigenvalue weighted by Gasteiger charge is -2.33. The number of amides is 1. The highest BCUT2D eigenvalue weighted by atomic mass is 19.4. The van der Waals surface area contributed by atoms with Crippen LogP contribution in [-0.2, 0) is 21.9 Å². The zero-order chi connectivity index (χ0) is 29.3. The highest BCUT2D eigenvalue weighted by Gasteiger charge is 2.34. The lowest BCUT2D eigenvalue weighted by atomic mass is 9.98. The molecule has 3 N–H and O–H groups in total. The summed E-state index contributed by atoms with van der Waals surface area (Å²) in [4.78, 5) is 17.9. The molecule has 0 atom stereocenters. The minimum atomic E-state index is -4.53. The topological polar surface area (TPSA) is 104 Å². The Morgan fingerprint density at radius 2 is 1.70 bits per heavy atom. The molecular formula is C27H31F6N5O2. The second-order valence-electron chi connectivity index (χ2n) is 9.72. The molecule has 1 aliphatic carbocycles. The second kappa shape index (κ2) is 13.7. The number of hydrogen-bond acceptors (Lipinski definition) is 6. The number of carbonyl (C=O) groups is 1. The number of piperidine rings is 1. The smallest absolute Gasteiger partial charge is 0.399 e. The number of nitrogens with one attached hydrogen (secondary N) is 1. The van der Waals surface area contributed by atoms with E-state index in [4.69, 9.17) is 15.7 Å². The predicted molar refractivity (Wildman–Crippen MR) is 136 cm³/mol. The number of benzene rings is 1. The molecule has 0 spiro atoms. The van der Waals surface area contributed by atoms with Crippen LogP contribution in [0.3, 0.4) is 0 Å². The molecule has 1 aromatic heterocycles. The number of nitrogen functional groups attached to an aromatic ring is 1. The van der Waals surface area contributed by atoms with Crippen LogP contribution in [0.5, 0.6) is 0 Å². The van der Waals surface area contributed by atoms with Crippen molar-refractivity contribution in [2.24, 2.45) is 0 Å². The maximum absolute atomic E-state index is 12.6. The van der Waals surface area contributed by atoms with Gasteiger partial charge in [-0.2, -0.15) is 31.6 Å². The molecule has 2 heterocycles. The first-order valence-corrected chi connectivity index (χ1v) is 12.9. The summed E-state index contributed by atoms with van der Waals surface area (Å²) in [5.41, 5.74) is 3.01. The molecule has 2 aromatic rings. The van der Waals surface area contributed by atoms with Gasteiger partial charge in [-0.25, -0.2) is 4.98 Å². The molecule has 1 saturated heterocycles. The van der Waals surface area contributed by atoms with Gasteiger partial charge in [0.2, 0.25) is 5.91 Å². The Bertz CT molecular complexity index is 1150. The van der Waals surface area contributed by atoms with Gasteiger partial charge in [0.25, 0.3) is 0 Å². The van der Waals surface area contributed by atoms with E-state index in [1.54, 1.807) is 0 Å². The number of aromatic nitrogens is 1. The third-order valence-electron chi connectivity index (χ3n) is 6.73. The van der Waals surface area contributed by atoms with Gasteiger partial charge in [0.15, 0.2) is 0 Å². The molecule has 1 aromatic carbocycles. The van der Waals surface area contributed by atoms with Gasteiger partial charge in [-0.1, -0.05) is 19.3 Å². The first-order valence-electron chi connectivity index (χ1n) is 12.9. The Hall–Kier alpha value is -3.53. The van der Waals surface area contributed by atoms with Crippen molar-refractivity contribution in [1.82, 2.24) is 10.3 Å². The number of alkyl halides is 6. The molecular weight excluding hydrogens is 540 g/mol. The summed E-state index contributed by atoms with van der Waals surface area (Å²) in [5.74, 6) is 0.445. The largest absolute Gasteiger partial charge is 0.417 e. The van der Waals surface area contributed by atoms with E-state index in [0.717, 1.165) is 50.1 Å². The van der Waals surface area contributed by atoms with Crippen molar-refractivity contribution in [3.8, 4) is 6.07 Å². The molecule has 2 fully saturated rings. The number of carbonyl (C=O) groups excluding carboxylic acids is 1. The Labute approximate surface area is 228 Å². The second-order valence-corrected chi connectivity index (χ2v) is 9.72. The third-order valence-corrected chi connectivity index (χ3v) is 6.73. The predicted octanol–water partition coefficient (Wildman–Crippen LogP) is 5.69. The summed E-state index contributed by atoms with van der Waals surface area (Å²) in [6.07, 6.45) is -0.705. The molecule has 0 radical (unpaired) electrons. The van der Waals surface area contributed by atoms with Gasteiger partial charge in [-0.05, 0) is 56.0 Å². The molecule has 13 heteroatoms. The molecule has 7 nitrogen and oxygen atoms in total. The van der Waals surface area contributed by atoms with Crippen LogP contribution in [0.4, 0.5) is 37.8 Å². The number of rotatable bonds is 5. The number of pyridine rings is 1. The van der Waals surface area contributed by atoms with Crippen LogP contribution in [0.1, 0.15) is 61.6 Å². The van der Waals surface area contributed by atoms with Crippen molar-refractivity contribution < 1.29 is 35.9 Å². The summed E-state index contributed by atoms with van der Waals surface area (Å²) in [6, 6.07) is 7.04. The van der Waals surface area contributed by atoms with E-state index in [-0.39, 0.29) is 30.3 Å². The molecule has 0 bridgehead atoms. The quantitative estimate of drug-likeness (QED) is 0.353. The van der Waals surface area contributed by atoms with Crippen molar-refractivity contribution in [1.29, 1.82) is 5.26 Å². The Morgan fingerprint density at radius 3 is 2.25 bits per heavy atom. The van der Waals surface area contributed by atoms with Crippen LogP contribution in [0.25, 0.3) is 0 Å². The van der Waals surface area contributed by atoms with Crippen molar-refractivity contribution in [2.75, 3.05) is 30.3 Å². The molecule has 1 amide bonds. The van der Waals surface area contributed by atoms with Crippen molar-refractivity contribution in [3.05, 3.63) is 53.2 Å². The number of nitrogens with two attached hydrogens (primary N) is 1. The van der Waals surface area contributed by atoms with E-state index in [1.807, 2.05) is 4.90 Å². The lowest BCUT2D eigenvalue weighted by Crippen LogP contribution is -2.46. The fourth-order valence-corrected chi connectivity index (χ4v) is 4.58. The SMILES string of the molecule is N#Cc1ccc(N)cc1C(F)(F)F.O=C(COC1CCCCC1)NC1CCN(c2ccc(C(F)(F)F)cn2)CC1. The van der Waals surface area contributed by atoms with Gasteiger partial charge in [0, 0.05) is 31.0 Å². The summed E-state index contributed by atoms with van der Waals surface area (Å²) in [5, 5.41) is 11.4. The number of hydrogen-bond donors (Lipinski definition) is 2. The summed E-state index contributed by atoms with van der Waals surface area (Å²) < 4.78 is 80.2. The zero-order valence-corrected chi connectivity index (χ0v) is 21.7. The fourth-order valence-electron chi connectivity index (χ4n) is 4.58. The molecule has 2 aliphatic rings. The van der Waals surface area contributed by atoms with Gasteiger partial charge in [0.1, 0.15) is 12.4 Å². The van der Waals surface area contributed by atoms with Gasteiger partial charge >= 0.3 is 12.4 Å². The monoisotopic (exact) mass is 571 g/mol. The standard InChI is InChI=1S/C19H26F3N3O2.C8H5F3N2/c20-19(21,22)14-6-7-17(23-12-14)25-10-8-15(9-11-25)24-18(26)13-27-16-4-2-1-3-5-16;9-8(10,11)7-3-6(13)2-1-5(7)4-12/h6-7,12,15-16H,1-5,8-11,13H2,(H,24,26);1-3H,13H2. The summed E-state index contributed by atoms with van der Waals surface area (Å²) in [6.45, 7) is 1.39. The highest BCUT2D eigenvalue weighted by Crippen LogP contribution is 2.33. The van der Waals surface area contributed by atoms with E-state index < -0.39 is 29.0 Å². The van der Waals surface area contributed by atoms with Crippen LogP contribution in [0.2, 0.25) is 0 Å². The van der Waals surface area contributed by atoms with E-state index >= 15 is 0 Å². The number of anilines is 2. The molecule has 4 rings (SSSR count). The maximum atomic E-state index is 12.6. The zero-order valence-electron chi connectivity index (χ0n) is 21.7. The first kappa shape index (κ1) is 31.0. The van der Waals surface area contributed by atoms with E-state index in [2.05, 4.69) is 10.3 Å². The number of halogens is 6. The first-order chi connectivity index (χ1) is 18.9. The Kier molecular flexibility index (Phi) is 10.6. The fraction of sp³-hybridized carbons (Fsp3) is 0.519. The number of nitrogens with zero attached hydrogens (tertiary/aromatic N) is 3. The number of ether oxygens (including phenoxy) is 1. The molecule has 0 unspecified atom stereocenters. The minimum Gasteiger partial charge on any atom is -0.399 e. The van der Waals surface area contributed by atoms with Gasteiger partial charge < -0.3 is 20.7 Å². The molecule has 1 aliphatic heterocycles. The van der Waals surface area contributed by atoms with Crippen LogP contribution in [0.15, 0.2) is 36.5 Å². The van der Waals surface area contributed by atoms with Crippen LogP contribution in [-0.4, -0.2) is 42.7 Å². The van der Waals surface area contributed by atoms with Crippen molar-refractivity contribution in [2.45, 2.75) is 69.4 Å². The van der Waals surface area contributed by atoms with Crippen LogP contribution < -0.4 is 16.0 Å². The van der Waals surface area contributed by atoms with E-state index in [0.29, 0.717) is 18.9 Å². The van der Waals surface area contributed by atoms with Crippen molar-refractivity contribution in [3.63, 3.8) is 0 Å². The minimum absolute atomic E-state index is 0.00803. The van der Waals surface area contributed by atoms with Gasteiger partial charge in [-0.3, -0.25) is 4.79 Å². The molecule has 218 valence electrons. The summed E-state index contributed by atoms with van der Waals surface area (Å²) >= 11 is 0. The highest BCUT2D eigenvalue weighted by molar-refractivity contribution is 5.77. The molecule has 1 saturated carbocycles. The Morgan fingerprint density at radius 1 is 1.02 bits per heavy atom. The van der Waals surface area contributed by atoms with Gasteiger partial charge in [-0.15, -0.1) is 0 Å². The molecule has 40 heavy (non-hydrogen) atoms. The maximum Gasteiger partial charge on any atom is 0.417 e. The average molecular weight is 572 g/mol. The summed E-state index contributed by atoms with van der Waals surface area (Å²) in [7, 11) is 0. The normalized spacial score (nSPS) is 17.0. The number of nitriles is 1. The van der Waals surface area contributed by atoms with E-state index in [1.165, 1.54) is 37.5 Å². The van der Waals surface area contributed by atoms with Crippen LogP contribution in [0, 0.1) is 11.3 Å². The third kappa shape index (κ3) is 9.29. The Balaban J connectivity index is 0.000000285. The van der Waals surface area contributed by atoms with Crippen LogP contribution >= 0.6 is 0 Å². The van der Waals surface area contributed by atoms with E-state index in [9.17, 15) is 31.1 Å². The van der Waals surface area contributed by atoms with Crippen molar-refractivity contribution >= 4 is 17.4 Å². The lowest BCUT2D eigenvalue weighted by molar-refractivity contribution is -0.138.